The van der Waals surface area contributed by atoms with E-state index in [4.69, 9.17) is 18.5 Å². The van der Waals surface area contributed by atoms with Gasteiger partial charge in [0.1, 0.15) is 18.0 Å². The summed E-state index contributed by atoms with van der Waals surface area (Å²) in [5.74, 6) is -0.383. The molecule has 0 spiro atoms. The lowest BCUT2D eigenvalue weighted by molar-refractivity contribution is -0.148. The first kappa shape index (κ1) is 27.9. The third kappa shape index (κ3) is 7.89. The van der Waals surface area contributed by atoms with E-state index in [2.05, 4.69) is 10.1 Å². The quantitative estimate of drug-likeness (QED) is 0.355. The molecule has 2 aromatic rings. The second-order valence-corrected chi connectivity index (χ2v) is 11.8. The van der Waals surface area contributed by atoms with Crippen molar-refractivity contribution < 1.29 is 27.9 Å². The first-order valence-corrected chi connectivity index (χ1v) is 13.3. The number of aromatic amines is 1. The van der Waals surface area contributed by atoms with Crippen molar-refractivity contribution in [3.05, 3.63) is 63.4 Å². The lowest BCUT2D eigenvalue weighted by Gasteiger charge is -2.25. The van der Waals surface area contributed by atoms with Gasteiger partial charge in [-0.05, 0) is 30.9 Å². The van der Waals surface area contributed by atoms with Crippen LogP contribution in [0.1, 0.15) is 47.3 Å². The number of hydrogen-bond acceptors (Lipinski definition) is 8. The van der Waals surface area contributed by atoms with Crippen molar-refractivity contribution in [1.29, 1.82) is 0 Å². The zero-order chi connectivity index (χ0) is 26.5. The Morgan fingerprint density at radius 3 is 2.58 bits per heavy atom. The Bertz CT molecular complexity index is 1190. The number of nitrogens with zero attached hydrogens (tertiary/aromatic N) is 1. The van der Waals surface area contributed by atoms with E-state index >= 15 is 0 Å². The molecule has 1 aromatic heterocycles. The normalized spacial score (nSPS) is 22.5. The molecule has 3 rings (SSSR count). The summed E-state index contributed by atoms with van der Waals surface area (Å²) in [4.78, 5) is 38.2. The first-order valence-electron chi connectivity index (χ1n) is 11.8. The summed E-state index contributed by atoms with van der Waals surface area (Å²) < 4.78 is 37.6. The van der Waals surface area contributed by atoms with E-state index in [9.17, 15) is 18.9 Å². The van der Waals surface area contributed by atoms with Gasteiger partial charge in [0.25, 0.3) is 5.56 Å². The van der Waals surface area contributed by atoms with Gasteiger partial charge in [-0.3, -0.25) is 23.7 Å². The number of ether oxygens (including phenoxy) is 2. The van der Waals surface area contributed by atoms with Crippen LogP contribution < -0.4 is 20.9 Å². The first-order chi connectivity index (χ1) is 16.8. The molecule has 12 heteroatoms. The fraction of sp³-hybridized carbons (Fsp3) is 0.542. The van der Waals surface area contributed by atoms with Crippen LogP contribution in [-0.4, -0.2) is 40.9 Å². The average Bonchev–Trinajstić information content (AvgIpc) is 3.16. The van der Waals surface area contributed by atoms with Gasteiger partial charge in [0.05, 0.1) is 19.3 Å². The van der Waals surface area contributed by atoms with Crippen molar-refractivity contribution in [2.75, 3.05) is 13.2 Å². The fourth-order valence-corrected chi connectivity index (χ4v) is 5.11. The number of carbonyl (C=O) groups is 1. The minimum atomic E-state index is -4.04. The van der Waals surface area contributed by atoms with E-state index in [1.54, 1.807) is 30.3 Å². The minimum absolute atomic E-state index is 0.0871. The minimum Gasteiger partial charge on any atom is -0.464 e. The topological polar surface area (TPSA) is 138 Å². The number of hydrogen-bond donors (Lipinski definition) is 2. The van der Waals surface area contributed by atoms with Gasteiger partial charge in [-0.1, -0.05) is 45.9 Å². The zero-order valence-corrected chi connectivity index (χ0v) is 22.0. The third-order valence-electron chi connectivity index (χ3n) is 5.33. The van der Waals surface area contributed by atoms with Crippen LogP contribution in [0, 0.1) is 11.3 Å². The van der Waals surface area contributed by atoms with Crippen molar-refractivity contribution in [2.24, 2.45) is 11.3 Å². The van der Waals surface area contributed by atoms with Crippen molar-refractivity contribution in [2.45, 2.75) is 59.4 Å². The van der Waals surface area contributed by atoms with Gasteiger partial charge in [-0.25, -0.2) is 9.36 Å². The van der Waals surface area contributed by atoms with Gasteiger partial charge in [-0.2, -0.15) is 5.09 Å². The van der Waals surface area contributed by atoms with Crippen LogP contribution in [0.5, 0.6) is 5.75 Å². The molecule has 11 nitrogen and oxygen atoms in total. The number of rotatable bonds is 10. The van der Waals surface area contributed by atoms with Crippen LogP contribution >= 0.6 is 7.75 Å². The molecular weight excluding hydrogens is 489 g/mol. The largest absolute Gasteiger partial charge is 0.464 e. The summed E-state index contributed by atoms with van der Waals surface area (Å²) in [6.45, 7) is 9.28. The Balaban J connectivity index is 1.69. The van der Waals surface area contributed by atoms with Gasteiger partial charge >= 0.3 is 19.4 Å². The number of aromatic nitrogens is 2. The molecule has 198 valence electrons. The summed E-state index contributed by atoms with van der Waals surface area (Å²) in [5.41, 5.74) is -1.30. The van der Waals surface area contributed by atoms with Crippen LogP contribution in [0.3, 0.4) is 0 Å². The molecule has 36 heavy (non-hydrogen) atoms. The number of carbonyl (C=O) groups excluding carboxylic acids is 1. The second kappa shape index (κ2) is 11.6. The van der Waals surface area contributed by atoms with Crippen molar-refractivity contribution in [1.82, 2.24) is 14.6 Å². The Morgan fingerprint density at radius 1 is 1.25 bits per heavy atom. The maximum atomic E-state index is 13.7. The van der Waals surface area contributed by atoms with E-state index in [1.165, 1.54) is 23.8 Å². The molecule has 0 saturated carbocycles. The van der Waals surface area contributed by atoms with Crippen molar-refractivity contribution in [3.8, 4) is 5.75 Å². The highest BCUT2D eigenvalue weighted by Crippen LogP contribution is 2.46. The van der Waals surface area contributed by atoms with Crippen LogP contribution in [-0.2, 0) is 23.4 Å². The van der Waals surface area contributed by atoms with Gasteiger partial charge in [0.2, 0.25) is 0 Å². The molecule has 1 saturated heterocycles. The van der Waals surface area contributed by atoms with E-state index in [0.717, 1.165) is 0 Å². The molecular formula is C24H34N3O8P. The van der Waals surface area contributed by atoms with Gasteiger partial charge in [0.15, 0.2) is 0 Å². The molecule has 5 atom stereocenters. The molecule has 1 aromatic carbocycles. The smallest absolute Gasteiger partial charge is 0.459 e. The molecule has 2 N–H and O–H groups in total. The average molecular weight is 524 g/mol. The summed E-state index contributed by atoms with van der Waals surface area (Å²) in [5, 5.41) is 2.66. The molecule has 0 amide bonds. The van der Waals surface area contributed by atoms with Crippen molar-refractivity contribution >= 4 is 13.7 Å². The molecule has 0 aliphatic carbocycles. The second-order valence-electron chi connectivity index (χ2n) is 10.1. The molecule has 0 bridgehead atoms. The van der Waals surface area contributed by atoms with Crippen LogP contribution in [0.2, 0.25) is 0 Å². The van der Waals surface area contributed by atoms with E-state index in [1.807, 2.05) is 27.7 Å². The number of nitrogens with one attached hydrogen (secondary N) is 2. The van der Waals surface area contributed by atoms with E-state index < -0.39 is 43.3 Å². The maximum Gasteiger partial charge on any atom is 0.459 e. The third-order valence-corrected chi connectivity index (χ3v) is 6.97. The molecule has 1 aliphatic heterocycles. The predicted octanol–water partition coefficient (Wildman–Crippen LogP) is 3.23. The molecule has 1 fully saturated rings. The SMILES string of the molecule is CC(NP(=O)(OCC1CC(C)C(n2ccc(=O)[nH]c2=O)O1)Oc1ccccc1)C(=O)OCC(C)(C)C. The highest BCUT2D eigenvalue weighted by atomic mass is 31.2. The molecule has 0 radical (unpaired) electrons. The summed E-state index contributed by atoms with van der Waals surface area (Å²) in [6.07, 6.45) is 0.740. The predicted molar refractivity (Wildman–Crippen MR) is 133 cm³/mol. The van der Waals surface area contributed by atoms with E-state index in [0.29, 0.717) is 12.2 Å². The lowest BCUT2D eigenvalue weighted by Crippen LogP contribution is -2.37. The van der Waals surface area contributed by atoms with Crippen LogP contribution in [0.4, 0.5) is 0 Å². The van der Waals surface area contributed by atoms with Gasteiger partial charge in [-0.15, -0.1) is 0 Å². The molecule has 2 heterocycles. The van der Waals surface area contributed by atoms with Crippen molar-refractivity contribution in [3.63, 3.8) is 0 Å². The number of benzene rings is 1. The zero-order valence-electron chi connectivity index (χ0n) is 21.1. The van der Waals surface area contributed by atoms with Crippen LogP contribution in [0.15, 0.2) is 52.2 Å². The highest BCUT2D eigenvalue weighted by molar-refractivity contribution is 7.52. The Kier molecular flexibility index (Phi) is 8.94. The maximum absolute atomic E-state index is 13.7. The Labute approximate surface area is 209 Å². The van der Waals surface area contributed by atoms with Crippen LogP contribution in [0.25, 0.3) is 0 Å². The summed E-state index contributed by atoms with van der Waals surface area (Å²) in [7, 11) is -4.04. The molecule has 1 aliphatic rings. The summed E-state index contributed by atoms with van der Waals surface area (Å²) >= 11 is 0. The lowest BCUT2D eigenvalue weighted by atomic mass is 9.99. The Morgan fingerprint density at radius 2 is 1.94 bits per heavy atom. The fourth-order valence-electron chi connectivity index (χ4n) is 3.59. The highest BCUT2D eigenvalue weighted by Gasteiger charge is 2.38. The van der Waals surface area contributed by atoms with E-state index in [-0.39, 0.29) is 24.5 Å². The Hall–Kier alpha value is -2.72. The number of esters is 1. The monoisotopic (exact) mass is 523 g/mol. The van der Waals surface area contributed by atoms with Gasteiger partial charge < -0.3 is 14.0 Å². The number of para-hydroxylation sites is 1. The summed E-state index contributed by atoms with van der Waals surface area (Å²) in [6, 6.07) is 8.72. The standard InChI is InChI=1S/C24H34N3O8P/c1-16-13-19(34-21(16)27-12-11-20(28)25-23(27)30)14-33-36(31,35-18-9-7-6-8-10-18)26-17(2)22(29)32-15-24(3,4)5/h6-12,16-17,19,21H,13-15H2,1-5H3,(H,26,31)(H,25,28,30). The number of H-pyrrole nitrogens is 1. The molecule has 5 unspecified atom stereocenters. The van der Waals surface area contributed by atoms with Gasteiger partial charge in [0, 0.05) is 18.2 Å².